The van der Waals surface area contributed by atoms with Gasteiger partial charge in [0.15, 0.2) is 5.78 Å². The molecule has 0 aromatic heterocycles. The Bertz CT molecular complexity index is 1060. The normalized spacial score (nSPS) is 16.8. The fourth-order valence-electron chi connectivity index (χ4n) is 4.01. The molecule has 31 heavy (non-hydrogen) atoms. The number of carbonyl (C=O) groups is 5. The van der Waals surface area contributed by atoms with Crippen molar-refractivity contribution in [2.45, 2.75) is 31.7 Å². The minimum atomic E-state index is -0.999. The molecule has 1 N–H and O–H groups in total. The van der Waals surface area contributed by atoms with Crippen LogP contribution in [0.15, 0.2) is 54.6 Å². The molecule has 1 aliphatic carbocycles. The number of rotatable bonds is 6. The van der Waals surface area contributed by atoms with Crippen LogP contribution in [0.4, 0.5) is 10.5 Å². The van der Waals surface area contributed by atoms with Crippen LogP contribution < -0.4 is 5.32 Å². The predicted octanol–water partition coefficient (Wildman–Crippen LogP) is 2.59. The van der Waals surface area contributed by atoms with Crippen LogP contribution in [-0.4, -0.2) is 51.9 Å². The van der Waals surface area contributed by atoms with Crippen LogP contribution in [0, 0.1) is 0 Å². The molecule has 2 aromatic carbocycles. The van der Waals surface area contributed by atoms with E-state index >= 15 is 0 Å². The van der Waals surface area contributed by atoms with Crippen LogP contribution in [0.25, 0.3) is 0 Å². The Morgan fingerprint density at radius 3 is 2.23 bits per heavy atom. The summed E-state index contributed by atoms with van der Waals surface area (Å²) in [7, 11) is 0. The number of imide groups is 2. The van der Waals surface area contributed by atoms with Crippen LogP contribution in [0.2, 0.25) is 0 Å². The molecule has 2 aliphatic rings. The summed E-state index contributed by atoms with van der Waals surface area (Å²) < 4.78 is 0. The summed E-state index contributed by atoms with van der Waals surface area (Å²) in [6.07, 6.45) is 3.12. The molecule has 1 saturated heterocycles. The zero-order valence-corrected chi connectivity index (χ0v) is 16.7. The van der Waals surface area contributed by atoms with Gasteiger partial charge in [-0.25, -0.2) is 9.69 Å². The summed E-state index contributed by atoms with van der Waals surface area (Å²) in [4.78, 5) is 64.3. The molecule has 0 unspecified atom stereocenters. The Morgan fingerprint density at radius 1 is 0.871 bits per heavy atom. The standard InChI is InChI=1S/C23H21N3O5/c27-19(14-25-21(29)22(30)26(23(25)31)16-10-4-5-11-16)24-18-13-7-6-12-17(18)20(28)15-8-2-1-3-9-15/h1-3,6-9,12-13,16H,4-5,10-11,14H2,(H,24,27). The van der Waals surface area contributed by atoms with E-state index in [4.69, 9.17) is 0 Å². The van der Waals surface area contributed by atoms with Crippen LogP contribution in [0.1, 0.15) is 41.6 Å². The number of nitrogens with zero attached hydrogens (tertiary/aromatic N) is 2. The lowest BCUT2D eigenvalue weighted by atomic mass is 10.0. The van der Waals surface area contributed by atoms with Gasteiger partial charge >= 0.3 is 17.8 Å². The molecule has 158 valence electrons. The fourth-order valence-corrected chi connectivity index (χ4v) is 4.01. The molecule has 1 aliphatic heterocycles. The van der Waals surface area contributed by atoms with Gasteiger partial charge < -0.3 is 5.32 Å². The lowest BCUT2D eigenvalue weighted by Gasteiger charge is -2.21. The topological polar surface area (TPSA) is 104 Å². The Hall–Kier alpha value is -3.81. The van der Waals surface area contributed by atoms with E-state index in [1.807, 2.05) is 0 Å². The third kappa shape index (κ3) is 3.96. The monoisotopic (exact) mass is 419 g/mol. The van der Waals surface area contributed by atoms with Gasteiger partial charge in [-0.15, -0.1) is 0 Å². The molecular weight excluding hydrogens is 398 g/mol. The number of ketones is 1. The second-order valence-corrected chi connectivity index (χ2v) is 7.58. The van der Waals surface area contributed by atoms with E-state index in [0.29, 0.717) is 23.3 Å². The highest BCUT2D eigenvalue weighted by Crippen LogP contribution is 2.28. The lowest BCUT2D eigenvalue weighted by molar-refractivity contribution is -0.144. The van der Waals surface area contributed by atoms with E-state index in [0.717, 1.165) is 17.7 Å². The number of nitrogens with one attached hydrogen (secondary N) is 1. The maximum atomic E-state index is 12.8. The van der Waals surface area contributed by atoms with Crippen molar-refractivity contribution >= 4 is 35.2 Å². The highest BCUT2D eigenvalue weighted by Gasteiger charge is 2.48. The molecule has 8 nitrogen and oxygen atoms in total. The van der Waals surface area contributed by atoms with Gasteiger partial charge in [-0.05, 0) is 25.0 Å². The summed E-state index contributed by atoms with van der Waals surface area (Å²) in [5.41, 5.74) is 1.01. The number of carbonyl (C=O) groups excluding carboxylic acids is 5. The summed E-state index contributed by atoms with van der Waals surface area (Å²) in [6, 6.07) is 14.1. The Morgan fingerprint density at radius 2 is 1.52 bits per heavy atom. The van der Waals surface area contributed by atoms with Crippen molar-refractivity contribution in [3.8, 4) is 0 Å². The first-order chi connectivity index (χ1) is 15.0. The second-order valence-electron chi connectivity index (χ2n) is 7.58. The third-order valence-corrected chi connectivity index (χ3v) is 5.56. The molecular formula is C23H21N3O5. The molecule has 2 aromatic rings. The van der Waals surface area contributed by atoms with Crippen LogP contribution in [0.5, 0.6) is 0 Å². The number of anilines is 1. The molecule has 0 radical (unpaired) electrons. The van der Waals surface area contributed by atoms with E-state index < -0.39 is 30.3 Å². The van der Waals surface area contributed by atoms with Crippen LogP contribution in [0.3, 0.4) is 0 Å². The highest BCUT2D eigenvalue weighted by atomic mass is 16.2. The molecule has 4 rings (SSSR count). The Kier molecular flexibility index (Phi) is 5.62. The number of para-hydroxylation sites is 1. The van der Waals surface area contributed by atoms with E-state index in [2.05, 4.69) is 5.32 Å². The van der Waals surface area contributed by atoms with Gasteiger partial charge in [-0.2, -0.15) is 0 Å². The number of benzene rings is 2. The first-order valence-corrected chi connectivity index (χ1v) is 10.1. The highest BCUT2D eigenvalue weighted by molar-refractivity contribution is 6.45. The quantitative estimate of drug-likeness (QED) is 0.440. The molecule has 8 heteroatoms. The molecule has 0 bridgehead atoms. The van der Waals surface area contributed by atoms with Crippen LogP contribution >= 0.6 is 0 Å². The van der Waals surface area contributed by atoms with Gasteiger partial charge in [0.2, 0.25) is 5.91 Å². The largest absolute Gasteiger partial charge is 0.334 e. The number of amides is 5. The molecule has 1 saturated carbocycles. The summed E-state index contributed by atoms with van der Waals surface area (Å²) in [5, 5.41) is 2.59. The van der Waals surface area contributed by atoms with Crippen molar-refractivity contribution in [2.24, 2.45) is 0 Å². The number of hydrogen-bond donors (Lipinski definition) is 1. The molecule has 0 spiro atoms. The Labute approximate surface area is 178 Å². The fraction of sp³-hybridized carbons (Fsp3) is 0.261. The SMILES string of the molecule is O=C(CN1C(=O)C(=O)N(C2CCCC2)C1=O)Nc1ccccc1C(=O)c1ccccc1. The first kappa shape index (κ1) is 20.5. The molecule has 5 amide bonds. The van der Waals surface area contributed by atoms with Gasteiger partial charge in [0.1, 0.15) is 6.54 Å². The van der Waals surface area contributed by atoms with Gasteiger partial charge in [0.05, 0.1) is 5.69 Å². The first-order valence-electron chi connectivity index (χ1n) is 10.1. The second kappa shape index (κ2) is 8.51. The smallest absolute Gasteiger partial charge is 0.324 e. The van der Waals surface area contributed by atoms with Gasteiger partial charge in [0, 0.05) is 17.2 Å². The number of hydrogen-bond acceptors (Lipinski definition) is 5. The van der Waals surface area contributed by atoms with Crippen molar-refractivity contribution in [2.75, 3.05) is 11.9 Å². The van der Waals surface area contributed by atoms with Gasteiger partial charge in [-0.1, -0.05) is 55.3 Å². The maximum absolute atomic E-state index is 12.8. The van der Waals surface area contributed by atoms with Gasteiger partial charge in [0.25, 0.3) is 0 Å². The molecule has 1 heterocycles. The van der Waals surface area contributed by atoms with E-state index in [-0.39, 0.29) is 23.1 Å². The number of urea groups is 1. The average Bonchev–Trinajstić information content (AvgIpc) is 3.37. The van der Waals surface area contributed by atoms with E-state index in [9.17, 15) is 24.0 Å². The average molecular weight is 419 g/mol. The predicted molar refractivity (Wildman–Crippen MR) is 111 cm³/mol. The summed E-state index contributed by atoms with van der Waals surface area (Å²) in [6.45, 7) is -0.597. The van der Waals surface area contributed by atoms with Crippen LogP contribution in [-0.2, 0) is 14.4 Å². The van der Waals surface area contributed by atoms with Crippen molar-refractivity contribution in [1.29, 1.82) is 0 Å². The summed E-state index contributed by atoms with van der Waals surface area (Å²) >= 11 is 0. The Balaban J connectivity index is 1.48. The molecule has 0 atom stereocenters. The third-order valence-electron chi connectivity index (χ3n) is 5.56. The van der Waals surface area contributed by atoms with Crippen molar-refractivity contribution in [3.05, 3.63) is 65.7 Å². The zero-order chi connectivity index (χ0) is 22.0. The van der Waals surface area contributed by atoms with E-state index in [1.54, 1.807) is 54.6 Å². The van der Waals surface area contributed by atoms with Gasteiger partial charge in [-0.3, -0.25) is 24.1 Å². The van der Waals surface area contributed by atoms with Crippen molar-refractivity contribution < 1.29 is 24.0 Å². The zero-order valence-electron chi connectivity index (χ0n) is 16.7. The maximum Gasteiger partial charge on any atom is 0.334 e. The van der Waals surface area contributed by atoms with Crippen molar-refractivity contribution in [1.82, 2.24) is 9.80 Å². The van der Waals surface area contributed by atoms with E-state index in [1.165, 1.54) is 0 Å². The minimum absolute atomic E-state index is 0.263. The van der Waals surface area contributed by atoms with Crippen molar-refractivity contribution in [3.63, 3.8) is 0 Å². The minimum Gasteiger partial charge on any atom is -0.324 e. The summed E-state index contributed by atoms with van der Waals surface area (Å²) in [5.74, 6) is -2.83. The lowest BCUT2D eigenvalue weighted by Crippen LogP contribution is -2.41. The molecule has 2 fully saturated rings.